The first-order valence-electron chi connectivity index (χ1n) is 10.2. The molecule has 0 saturated carbocycles. The van der Waals surface area contributed by atoms with Crippen molar-refractivity contribution in [2.24, 2.45) is 0 Å². The first kappa shape index (κ1) is 25.4. The van der Waals surface area contributed by atoms with Crippen LogP contribution >= 0.6 is 70.1 Å². The molecule has 3 heterocycles. The number of benzene rings is 2. The smallest absolute Gasteiger partial charge is 0.195 e. The normalized spacial score (nSPS) is 11.2. The summed E-state index contributed by atoms with van der Waals surface area (Å²) < 4.78 is 0. The fraction of sp³-hybridized carbons (Fsp3) is 0.0909. The van der Waals surface area contributed by atoms with Crippen LogP contribution in [0.3, 0.4) is 0 Å². The topological polar surface area (TPSA) is 109 Å². The van der Waals surface area contributed by atoms with Crippen molar-refractivity contribution >= 4 is 70.1 Å². The Morgan fingerprint density at radius 3 is 1.64 bits per heavy atom. The number of halogens is 3. The molecule has 0 radical (unpaired) electrons. The molecule has 2 N–H and O–H groups in total. The Balaban J connectivity index is 1.36. The highest BCUT2D eigenvalue weighted by molar-refractivity contribution is 8.00. The Morgan fingerprint density at radius 1 is 0.639 bits per heavy atom. The van der Waals surface area contributed by atoms with E-state index in [-0.39, 0.29) is 0 Å². The van der Waals surface area contributed by atoms with Crippen molar-refractivity contribution in [1.29, 1.82) is 0 Å². The van der Waals surface area contributed by atoms with Gasteiger partial charge in [-0.05, 0) is 78.7 Å². The molecule has 0 spiro atoms. The van der Waals surface area contributed by atoms with Gasteiger partial charge in [0, 0.05) is 32.3 Å². The first-order chi connectivity index (χ1) is 17.3. The maximum atomic E-state index is 6.19. The van der Waals surface area contributed by atoms with Gasteiger partial charge in [-0.3, -0.25) is 0 Å². The second-order valence-corrected chi connectivity index (χ2v) is 11.5. The molecule has 0 unspecified atom stereocenters. The van der Waals surface area contributed by atoms with Crippen LogP contribution < -0.4 is 0 Å². The predicted octanol–water partition coefficient (Wildman–Crippen LogP) is 7.34. The van der Waals surface area contributed by atoms with E-state index in [0.29, 0.717) is 52.2 Å². The first-order valence-corrected chi connectivity index (χ1v) is 14.2. The Hall–Kier alpha value is -2.28. The second-order valence-electron chi connectivity index (χ2n) is 7.37. The zero-order chi connectivity index (χ0) is 25.2. The predicted molar refractivity (Wildman–Crippen MR) is 145 cm³/mol. The van der Waals surface area contributed by atoms with Crippen LogP contribution in [0.4, 0.5) is 0 Å². The largest absolute Gasteiger partial charge is 0.316 e. The second kappa shape index (κ2) is 11.0. The minimum atomic E-state index is 0.520. The van der Waals surface area contributed by atoms with E-state index >= 15 is 0 Å². The highest BCUT2D eigenvalue weighted by atomic mass is 35.5. The Labute approximate surface area is 233 Å². The SMILES string of the molecule is CSc1nc(Sc2nnc(-c3cc(C)cc(Cl)c3)[nH]2)cc(Sc2nnc(-c3cc(Cl)cc(Cl)c3)[nH]2)n1. The molecule has 5 rings (SSSR count). The van der Waals surface area contributed by atoms with E-state index < -0.39 is 0 Å². The number of aromatic nitrogens is 8. The molecule has 0 saturated heterocycles. The van der Waals surface area contributed by atoms with Crippen LogP contribution in [-0.4, -0.2) is 46.6 Å². The van der Waals surface area contributed by atoms with Crippen molar-refractivity contribution in [1.82, 2.24) is 40.3 Å². The summed E-state index contributed by atoms with van der Waals surface area (Å²) in [5.41, 5.74) is 2.65. The number of hydrogen-bond donors (Lipinski definition) is 2. The van der Waals surface area contributed by atoms with Crippen molar-refractivity contribution in [2.45, 2.75) is 32.4 Å². The molecule has 5 aromatic rings. The lowest BCUT2D eigenvalue weighted by Crippen LogP contribution is -1.92. The zero-order valence-corrected chi connectivity index (χ0v) is 23.3. The van der Waals surface area contributed by atoms with Gasteiger partial charge in [-0.1, -0.05) is 46.6 Å². The zero-order valence-electron chi connectivity index (χ0n) is 18.6. The number of nitrogens with zero attached hydrogens (tertiary/aromatic N) is 6. The molecule has 0 amide bonds. The van der Waals surface area contributed by atoms with E-state index in [1.807, 2.05) is 37.4 Å². The fourth-order valence-electron chi connectivity index (χ4n) is 3.19. The van der Waals surface area contributed by atoms with Gasteiger partial charge in [-0.25, -0.2) is 9.97 Å². The number of nitrogens with one attached hydrogen (secondary N) is 2. The number of aromatic amines is 2. The number of rotatable bonds is 7. The summed E-state index contributed by atoms with van der Waals surface area (Å²) in [7, 11) is 0. The molecule has 0 aliphatic rings. The Morgan fingerprint density at radius 2 is 1.14 bits per heavy atom. The third-order valence-corrected chi connectivity index (χ3v) is 7.42. The number of hydrogen-bond acceptors (Lipinski definition) is 9. The van der Waals surface area contributed by atoms with Gasteiger partial charge in [0.15, 0.2) is 27.1 Å². The lowest BCUT2D eigenvalue weighted by molar-refractivity contribution is 0.824. The molecule has 3 aromatic heterocycles. The molecule has 0 aliphatic heterocycles. The van der Waals surface area contributed by atoms with Gasteiger partial charge in [0.25, 0.3) is 0 Å². The average molecular weight is 594 g/mol. The Kier molecular flexibility index (Phi) is 7.75. The van der Waals surface area contributed by atoms with E-state index in [1.165, 1.54) is 35.3 Å². The van der Waals surface area contributed by atoms with Crippen LogP contribution in [-0.2, 0) is 0 Å². The lowest BCUT2D eigenvalue weighted by atomic mass is 10.1. The maximum absolute atomic E-state index is 6.19. The van der Waals surface area contributed by atoms with Gasteiger partial charge in [-0.2, -0.15) is 0 Å². The molecular formula is C22H15Cl3N8S3. The van der Waals surface area contributed by atoms with E-state index in [0.717, 1.165) is 16.7 Å². The third-order valence-electron chi connectivity index (χ3n) is 4.63. The van der Waals surface area contributed by atoms with Gasteiger partial charge in [-0.15, -0.1) is 20.4 Å². The van der Waals surface area contributed by atoms with Crippen LogP contribution in [0.15, 0.2) is 68.0 Å². The average Bonchev–Trinajstić information content (AvgIpc) is 3.47. The van der Waals surface area contributed by atoms with E-state index in [1.54, 1.807) is 18.2 Å². The summed E-state index contributed by atoms with van der Waals surface area (Å²) in [4.78, 5) is 15.6. The van der Waals surface area contributed by atoms with Gasteiger partial charge in [0.05, 0.1) is 0 Å². The number of aryl methyl sites for hydroxylation is 1. The van der Waals surface area contributed by atoms with Gasteiger partial charge in [0.2, 0.25) is 0 Å². The quantitative estimate of drug-likeness (QED) is 0.114. The highest BCUT2D eigenvalue weighted by Gasteiger charge is 2.14. The number of H-pyrrole nitrogens is 2. The summed E-state index contributed by atoms with van der Waals surface area (Å²) >= 11 is 22.6. The summed E-state index contributed by atoms with van der Waals surface area (Å²) in [6.07, 6.45) is 1.92. The minimum absolute atomic E-state index is 0.520. The minimum Gasteiger partial charge on any atom is -0.316 e. The summed E-state index contributed by atoms with van der Waals surface area (Å²) in [5, 5.41) is 21.8. The number of thioether (sulfide) groups is 1. The third kappa shape index (κ3) is 6.16. The molecule has 182 valence electrons. The van der Waals surface area contributed by atoms with Crippen LogP contribution in [0.5, 0.6) is 0 Å². The van der Waals surface area contributed by atoms with Crippen molar-refractivity contribution < 1.29 is 0 Å². The van der Waals surface area contributed by atoms with Crippen LogP contribution in [0, 0.1) is 6.92 Å². The van der Waals surface area contributed by atoms with Crippen molar-refractivity contribution in [3.8, 4) is 22.8 Å². The summed E-state index contributed by atoms with van der Waals surface area (Å²) in [6, 6.07) is 12.8. The molecule has 0 atom stereocenters. The summed E-state index contributed by atoms with van der Waals surface area (Å²) in [6.45, 7) is 1.98. The van der Waals surface area contributed by atoms with Crippen molar-refractivity contribution in [3.63, 3.8) is 0 Å². The van der Waals surface area contributed by atoms with Crippen LogP contribution in [0.25, 0.3) is 22.8 Å². The molecule has 0 aliphatic carbocycles. The lowest BCUT2D eigenvalue weighted by Gasteiger charge is -2.04. The molecular weight excluding hydrogens is 579 g/mol. The molecule has 2 aromatic carbocycles. The molecule has 36 heavy (non-hydrogen) atoms. The van der Waals surface area contributed by atoms with Crippen molar-refractivity contribution in [3.05, 3.63) is 63.1 Å². The molecule has 8 nitrogen and oxygen atoms in total. The van der Waals surface area contributed by atoms with Gasteiger partial charge >= 0.3 is 0 Å². The van der Waals surface area contributed by atoms with E-state index in [9.17, 15) is 0 Å². The molecule has 0 fully saturated rings. The fourth-order valence-corrected chi connectivity index (χ4v) is 6.03. The van der Waals surface area contributed by atoms with E-state index in [2.05, 4.69) is 40.3 Å². The van der Waals surface area contributed by atoms with Crippen molar-refractivity contribution in [2.75, 3.05) is 6.26 Å². The van der Waals surface area contributed by atoms with E-state index in [4.69, 9.17) is 34.8 Å². The van der Waals surface area contributed by atoms with Crippen LogP contribution in [0.2, 0.25) is 15.1 Å². The van der Waals surface area contributed by atoms with Gasteiger partial charge in [0.1, 0.15) is 10.1 Å². The van der Waals surface area contributed by atoms with Crippen LogP contribution in [0.1, 0.15) is 5.56 Å². The van der Waals surface area contributed by atoms with Gasteiger partial charge < -0.3 is 9.97 Å². The Bertz CT molecular complexity index is 1410. The maximum Gasteiger partial charge on any atom is 0.195 e. The molecule has 0 bridgehead atoms. The monoisotopic (exact) mass is 592 g/mol. The standard InChI is InChI=1S/C22H15Cl3N8S3/c1-10-3-11(5-13(23)4-10)18-28-21(32-30-18)35-16-9-17(27-20(26-16)34-2)36-22-29-19(31-33-22)12-6-14(24)8-15(25)7-12/h3-9H,1-2H3,(H,28,30,32)(H,29,31,33). The highest BCUT2D eigenvalue weighted by Crippen LogP contribution is 2.33. The molecule has 14 heteroatoms. The summed E-state index contributed by atoms with van der Waals surface area (Å²) in [5.74, 6) is 1.19.